The summed E-state index contributed by atoms with van der Waals surface area (Å²) in [5.41, 5.74) is 0. The summed E-state index contributed by atoms with van der Waals surface area (Å²) in [7, 11) is 0. The molecule has 0 saturated heterocycles. The van der Waals surface area contributed by atoms with Crippen LogP contribution in [0.4, 0.5) is 0 Å². The molecule has 0 nitrogen and oxygen atoms in total. The Balaban J connectivity index is -0.0000000450. The smallest absolute Gasteiger partial charge is 0.570 e. The molecule has 0 fully saturated rings. The molecule has 0 aliphatic rings. The van der Waals surface area contributed by atoms with Crippen molar-refractivity contribution in [1.82, 2.24) is 0 Å². The van der Waals surface area contributed by atoms with Gasteiger partial charge in [-0.2, -0.15) is 0 Å². The van der Waals surface area contributed by atoms with Crippen molar-refractivity contribution >= 4 is 41.0 Å². The summed E-state index contributed by atoms with van der Waals surface area (Å²) in [5, 5.41) is 0. The molecule has 0 N–H and O–H groups in total. The average molecular weight is 374 g/mol. The zero-order valence-electron chi connectivity index (χ0n) is 3.72. The van der Waals surface area contributed by atoms with E-state index in [4.69, 9.17) is 0 Å². The third kappa shape index (κ3) is 23.4. The molecule has 0 rings (SSSR count). The van der Waals surface area contributed by atoms with Gasteiger partial charge in [0.1, 0.15) is 0 Å². The van der Waals surface area contributed by atoms with Gasteiger partial charge in [-0.25, -0.2) is 0 Å². The van der Waals surface area contributed by atoms with Crippen LogP contribution in [0.15, 0.2) is 0 Å². The van der Waals surface area contributed by atoms with E-state index < -0.39 is 0 Å². The van der Waals surface area contributed by atoms with Gasteiger partial charge < -0.3 is 37.5 Å². The number of rotatable bonds is 0. The van der Waals surface area contributed by atoms with Crippen molar-refractivity contribution in [3.8, 4) is 0 Å². The number of hydrogen-bond donors (Lipinski definition) is 0. The van der Waals surface area contributed by atoms with Crippen LogP contribution in [0.1, 0.15) is 0 Å². The van der Waals surface area contributed by atoms with Crippen molar-refractivity contribution in [3.05, 3.63) is 0 Å². The minimum absolute atomic E-state index is 0. The summed E-state index contributed by atoms with van der Waals surface area (Å²) in [6.07, 6.45) is 0. The summed E-state index contributed by atoms with van der Waals surface area (Å²) >= 11 is 12.5. The molecule has 0 aromatic heterocycles. The SMILES string of the molecule is S=C([S-])[S-].[Cs+].[Cs+]. The molecule has 0 aromatic rings. The van der Waals surface area contributed by atoms with Gasteiger partial charge in [0.15, 0.2) is 0 Å². The molecular weight excluding hydrogens is 374 g/mol. The standard InChI is InChI=1S/CH2S3.2Cs/c2-1(3)4;;/h(H2,2,3,4);;/q;2*+1/p-2. The van der Waals surface area contributed by atoms with Crippen molar-refractivity contribution in [3.63, 3.8) is 0 Å². The van der Waals surface area contributed by atoms with Gasteiger partial charge in [0, 0.05) is 0 Å². The van der Waals surface area contributed by atoms with E-state index in [-0.39, 0.29) is 141 Å². The van der Waals surface area contributed by atoms with Crippen molar-refractivity contribution in [2.24, 2.45) is 0 Å². The normalized spacial score (nSPS) is 4.00. The maximum absolute atomic E-state index is 4.17. The molecular formula is CCs2S3. The Labute approximate surface area is 172 Å². The van der Waals surface area contributed by atoms with Gasteiger partial charge in [-0.15, -0.1) is 0 Å². The van der Waals surface area contributed by atoms with Gasteiger partial charge in [-0.1, -0.05) is 0 Å². The second-order valence-electron chi connectivity index (χ2n) is 0.250. The molecule has 6 heavy (non-hydrogen) atoms. The zero-order chi connectivity index (χ0) is 3.58. The molecule has 0 bridgehead atoms. The Kier molecular flexibility index (Phi) is 34.8. The van der Waals surface area contributed by atoms with E-state index >= 15 is 0 Å². The average Bonchev–Trinajstić information content (AvgIpc) is 0.811. The molecule has 0 aromatic carbocycles. The molecule has 0 aliphatic heterocycles. The van der Waals surface area contributed by atoms with Crippen molar-refractivity contribution in [1.29, 1.82) is 0 Å². The Morgan fingerprint density at radius 2 is 1.17 bits per heavy atom. The molecule has 0 amide bonds. The quantitative estimate of drug-likeness (QED) is 0.307. The third-order valence-corrected chi connectivity index (χ3v) is 0. The Morgan fingerprint density at radius 3 is 1.17 bits per heavy atom. The maximum Gasteiger partial charge on any atom is 1.00 e. The predicted molar refractivity (Wildman–Crippen MR) is 27.3 cm³/mol. The van der Waals surface area contributed by atoms with Gasteiger partial charge in [0.2, 0.25) is 0 Å². The van der Waals surface area contributed by atoms with E-state index in [2.05, 4.69) is 37.5 Å². The first-order valence-corrected chi connectivity index (χ1v) is 1.84. The van der Waals surface area contributed by atoms with E-state index in [0.717, 1.165) is 0 Å². The molecule has 0 aliphatic carbocycles. The minimum Gasteiger partial charge on any atom is -0.570 e. The first kappa shape index (κ1) is 16.9. The van der Waals surface area contributed by atoms with E-state index in [1.165, 1.54) is 0 Å². The van der Waals surface area contributed by atoms with Gasteiger partial charge in [-0.3, -0.25) is 3.53 Å². The summed E-state index contributed by atoms with van der Waals surface area (Å²) in [6.45, 7) is 0. The fourth-order valence-electron chi connectivity index (χ4n) is 0. The maximum atomic E-state index is 4.17. The largest absolute Gasteiger partial charge is 1.00 e. The van der Waals surface area contributed by atoms with Gasteiger partial charge in [0.25, 0.3) is 0 Å². The molecule has 24 valence electrons. The summed E-state index contributed by atoms with van der Waals surface area (Å²) < 4.78 is 0.167. The van der Waals surface area contributed by atoms with Crippen LogP contribution in [0.5, 0.6) is 0 Å². The van der Waals surface area contributed by atoms with E-state index in [1.54, 1.807) is 0 Å². The van der Waals surface area contributed by atoms with E-state index in [0.29, 0.717) is 0 Å². The molecule has 0 heterocycles. The van der Waals surface area contributed by atoms with E-state index in [1.807, 2.05) is 0 Å². The van der Waals surface area contributed by atoms with Crippen LogP contribution in [0.2, 0.25) is 0 Å². The minimum atomic E-state index is 0. The van der Waals surface area contributed by atoms with Crippen molar-refractivity contribution in [2.75, 3.05) is 0 Å². The summed E-state index contributed by atoms with van der Waals surface area (Å²) in [4.78, 5) is 0. The summed E-state index contributed by atoms with van der Waals surface area (Å²) in [5.74, 6) is 0. The van der Waals surface area contributed by atoms with Crippen LogP contribution in [-0.4, -0.2) is 3.53 Å². The second kappa shape index (κ2) is 12.3. The molecule has 0 unspecified atom stereocenters. The van der Waals surface area contributed by atoms with Crippen LogP contribution in [-0.2, 0) is 25.3 Å². The molecule has 5 heteroatoms. The Hall–Kier alpha value is 4.63. The molecule has 0 saturated carbocycles. The van der Waals surface area contributed by atoms with Crippen molar-refractivity contribution < 1.29 is 138 Å². The monoisotopic (exact) mass is 374 g/mol. The first-order valence-electron chi connectivity index (χ1n) is 0.612. The van der Waals surface area contributed by atoms with Crippen LogP contribution >= 0.6 is 12.2 Å². The number of hydrogen-bond acceptors (Lipinski definition) is 3. The van der Waals surface area contributed by atoms with E-state index in [9.17, 15) is 0 Å². The van der Waals surface area contributed by atoms with Crippen LogP contribution in [0.3, 0.4) is 0 Å². The Morgan fingerprint density at radius 1 is 1.17 bits per heavy atom. The van der Waals surface area contributed by atoms with Crippen LogP contribution in [0, 0.1) is 0 Å². The molecule has 0 atom stereocenters. The number of thiocarbonyl (C=S) groups is 1. The second-order valence-corrected chi connectivity index (χ2v) is 2.25. The molecule has 0 radical (unpaired) electrons. The molecule has 0 spiro atoms. The fraction of sp³-hybridized carbons (Fsp3) is 0. The first-order chi connectivity index (χ1) is 1.73. The zero-order valence-corrected chi connectivity index (χ0v) is 18.7. The summed E-state index contributed by atoms with van der Waals surface area (Å²) in [6, 6.07) is 0. The van der Waals surface area contributed by atoms with Gasteiger partial charge >= 0.3 is 138 Å². The van der Waals surface area contributed by atoms with Gasteiger partial charge in [-0.05, 0) is 0 Å². The van der Waals surface area contributed by atoms with Crippen molar-refractivity contribution in [2.45, 2.75) is 0 Å². The van der Waals surface area contributed by atoms with Gasteiger partial charge in [0.05, 0.1) is 0 Å². The fourth-order valence-corrected chi connectivity index (χ4v) is 0. The van der Waals surface area contributed by atoms with Crippen LogP contribution < -0.4 is 138 Å². The third-order valence-electron chi connectivity index (χ3n) is 0. The van der Waals surface area contributed by atoms with Crippen LogP contribution in [0.25, 0.3) is 0 Å². The Bertz CT molecular complexity index is 31.8. The predicted octanol–water partition coefficient (Wildman–Crippen LogP) is -5.63. The topological polar surface area (TPSA) is 0 Å².